The van der Waals surface area contributed by atoms with Gasteiger partial charge < -0.3 is 29.9 Å². The number of carboxylic acids is 2. The number of carbonyl (C=O) groups excluding carboxylic acids is 1. The number of amides is 1. The van der Waals surface area contributed by atoms with Crippen LogP contribution in [0, 0.1) is 0 Å². The molecule has 2 aliphatic rings. The van der Waals surface area contributed by atoms with Gasteiger partial charge in [0.15, 0.2) is 0 Å². The average Bonchev–Trinajstić information content (AvgIpc) is 3.08. The number of carbonyl (C=O) groups is 3. The molecule has 2 aliphatic heterocycles. The lowest BCUT2D eigenvalue weighted by molar-refractivity contribution is -0.139. The molecule has 1 saturated heterocycles. The molecule has 3 heterocycles. The highest BCUT2D eigenvalue weighted by atomic mass is 16.5. The predicted octanol–water partition coefficient (Wildman–Crippen LogP) is -1.04. The van der Waals surface area contributed by atoms with Crippen molar-refractivity contribution >= 4 is 24.4 Å². The van der Waals surface area contributed by atoms with E-state index in [9.17, 15) is 29.5 Å². The summed E-state index contributed by atoms with van der Waals surface area (Å²) < 4.78 is 6.96. The Kier molecular flexibility index (Phi) is 5.61. The normalized spacial score (nSPS) is 17.4. The van der Waals surface area contributed by atoms with E-state index < -0.39 is 24.6 Å². The molecule has 1 aromatic carbocycles. The monoisotopic (exact) mass is 445 g/mol. The topological polar surface area (TPSA) is 175 Å². The first-order valence-corrected chi connectivity index (χ1v) is 10.2. The van der Waals surface area contributed by atoms with E-state index in [0.29, 0.717) is 17.7 Å². The van der Waals surface area contributed by atoms with Crippen LogP contribution in [0.3, 0.4) is 0 Å². The van der Waals surface area contributed by atoms with Gasteiger partial charge in [0.05, 0.1) is 25.2 Å². The van der Waals surface area contributed by atoms with E-state index in [0.717, 1.165) is 10.2 Å². The smallest absolute Gasteiger partial charge is 0.339 e. The van der Waals surface area contributed by atoms with Crippen molar-refractivity contribution in [1.29, 1.82) is 0 Å². The quantitative estimate of drug-likeness (QED) is 0.385. The Morgan fingerprint density at radius 2 is 1.94 bits per heavy atom. The molecule has 1 aromatic heterocycles. The second-order valence-corrected chi connectivity index (χ2v) is 8.28. The maximum absolute atomic E-state index is 12.4. The number of benzene rings is 1. The van der Waals surface area contributed by atoms with Crippen LogP contribution in [0.2, 0.25) is 6.32 Å². The van der Waals surface area contributed by atoms with Crippen molar-refractivity contribution in [3.63, 3.8) is 0 Å². The zero-order valence-corrected chi connectivity index (χ0v) is 17.0. The molecule has 1 fully saturated rings. The van der Waals surface area contributed by atoms with Gasteiger partial charge in [-0.25, -0.2) is 9.48 Å². The molecule has 13 heteroatoms. The number of aliphatic carboxylic acids is 1. The third-order valence-corrected chi connectivity index (χ3v) is 5.70. The van der Waals surface area contributed by atoms with Crippen LogP contribution in [-0.2, 0) is 35.3 Å². The predicted molar refractivity (Wildman–Crippen MR) is 108 cm³/mol. The molecule has 0 aliphatic carbocycles. The standard InChI is InChI=1S/C19H22BN4O8/c25-16(5-12-7-24(22-21-12)10-17(26)27)23-8-13(9-23)32-15-2-1-11-3-4-20(30,31)6-14(11)18(15)19(28)29/h1-2,7,13,30-31H,3-6,8-10H2,(H,26,27)(H,28,29)/q-1. The van der Waals surface area contributed by atoms with Crippen LogP contribution in [0.5, 0.6) is 5.75 Å². The van der Waals surface area contributed by atoms with Crippen molar-refractivity contribution in [2.75, 3.05) is 13.1 Å². The summed E-state index contributed by atoms with van der Waals surface area (Å²) >= 11 is 0. The summed E-state index contributed by atoms with van der Waals surface area (Å²) in [4.78, 5) is 36.5. The van der Waals surface area contributed by atoms with Crippen molar-refractivity contribution < 1.29 is 39.4 Å². The van der Waals surface area contributed by atoms with Crippen LogP contribution < -0.4 is 4.74 Å². The number of likely N-dealkylation sites (tertiary alicyclic amines) is 1. The van der Waals surface area contributed by atoms with Gasteiger partial charge in [-0.05, 0) is 11.6 Å². The third-order valence-electron chi connectivity index (χ3n) is 5.70. The van der Waals surface area contributed by atoms with Crippen LogP contribution in [0.4, 0.5) is 0 Å². The van der Waals surface area contributed by atoms with Gasteiger partial charge in [-0.3, -0.25) is 9.59 Å². The number of rotatable bonds is 7. The molecule has 0 radical (unpaired) electrons. The van der Waals surface area contributed by atoms with Crippen LogP contribution >= 0.6 is 0 Å². The molecule has 2 aromatic rings. The zero-order chi connectivity index (χ0) is 23.0. The fourth-order valence-electron chi connectivity index (χ4n) is 4.08. The Labute approximate surface area is 182 Å². The van der Waals surface area contributed by atoms with E-state index in [1.165, 1.54) is 11.1 Å². The van der Waals surface area contributed by atoms with E-state index in [4.69, 9.17) is 9.84 Å². The van der Waals surface area contributed by atoms with Gasteiger partial charge in [0.25, 0.3) is 0 Å². The zero-order valence-electron chi connectivity index (χ0n) is 17.0. The van der Waals surface area contributed by atoms with Crippen molar-refractivity contribution in [3.8, 4) is 5.75 Å². The highest BCUT2D eigenvalue weighted by Gasteiger charge is 2.35. The maximum Gasteiger partial charge on any atom is 0.339 e. The van der Waals surface area contributed by atoms with Gasteiger partial charge in [0, 0.05) is 6.20 Å². The van der Waals surface area contributed by atoms with Crippen molar-refractivity contribution in [3.05, 3.63) is 40.7 Å². The van der Waals surface area contributed by atoms with Gasteiger partial charge in [0.2, 0.25) is 12.5 Å². The lowest BCUT2D eigenvalue weighted by Crippen LogP contribution is -2.56. The fourth-order valence-corrected chi connectivity index (χ4v) is 4.08. The van der Waals surface area contributed by atoms with Crippen LogP contribution in [0.25, 0.3) is 0 Å². The molecule has 1 amide bonds. The van der Waals surface area contributed by atoms with Gasteiger partial charge in [-0.1, -0.05) is 23.3 Å². The number of nitrogens with zero attached hydrogens (tertiary/aromatic N) is 4. The second-order valence-electron chi connectivity index (χ2n) is 8.28. The first-order valence-electron chi connectivity index (χ1n) is 10.2. The Bertz CT molecular complexity index is 1080. The van der Waals surface area contributed by atoms with E-state index in [2.05, 4.69) is 10.3 Å². The molecule has 0 saturated carbocycles. The minimum atomic E-state index is -2.63. The number of hydrogen-bond donors (Lipinski definition) is 4. The highest BCUT2D eigenvalue weighted by Crippen LogP contribution is 2.34. The van der Waals surface area contributed by atoms with E-state index >= 15 is 0 Å². The SMILES string of the molecule is O=C(O)Cn1cc(CC(=O)N2CC(Oc3ccc4c(c3C(=O)O)C[B-](O)(O)CC4)C2)nn1. The summed E-state index contributed by atoms with van der Waals surface area (Å²) in [6.07, 6.45) is 1.40. The molecule has 0 unspecified atom stereocenters. The number of aromatic nitrogens is 3. The minimum Gasteiger partial charge on any atom is -0.583 e. The highest BCUT2D eigenvalue weighted by molar-refractivity contribution is 6.64. The average molecular weight is 445 g/mol. The largest absolute Gasteiger partial charge is 0.583 e. The lowest BCUT2D eigenvalue weighted by atomic mass is 9.47. The number of fused-ring (bicyclic) bond motifs is 1. The molecule has 170 valence electrons. The van der Waals surface area contributed by atoms with Crippen molar-refractivity contribution in [2.45, 2.75) is 38.1 Å². The van der Waals surface area contributed by atoms with Crippen molar-refractivity contribution in [2.24, 2.45) is 0 Å². The number of carboxylic acid groups (broad SMARTS) is 2. The molecule has 0 atom stereocenters. The number of aryl methyl sites for hydroxylation is 1. The van der Waals surface area contributed by atoms with Gasteiger partial charge >= 0.3 is 11.9 Å². The number of ether oxygens (including phenoxy) is 1. The van der Waals surface area contributed by atoms with E-state index in [1.54, 1.807) is 12.1 Å². The summed E-state index contributed by atoms with van der Waals surface area (Å²) in [7, 11) is 0. The molecule has 4 rings (SSSR count). The first-order chi connectivity index (χ1) is 15.1. The molecule has 12 nitrogen and oxygen atoms in total. The summed E-state index contributed by atoms with van der Waals surface area (Å²) in [5.74, 6) is -2.37. The third kappa shape index (κ3) is 4.58. The molecular formula is C19H22BN4O8-. The van der Waals surface area contributed by atoms with E-state index in [-0.39, 0.29) is 55.9 Å². The van der Waals surface area contributed by atoms with Gasteiger partial charge in [-0.15, -0.1) is 17.7 Å². The number of aromatic carboxylic acids is 1. The van der Waals surface area contributed by atoms with Crippen LogP contribution in [0.1, 0.15) is 27.2 Å². The molecule has 32 heavy (non-hydrogen) atoms. The molecular weight excluding hydrogens is 423 g/mol. The fraction of sp³-hybridized carbons (Fsp3) is 0.421. The Morgan fingerprint density at radius 3 is 2.62 bits per heavy atom. The van der Waals surface area contributed by atoms with Crippen LogP contribution in [0.15, 0.2) is 18.3 Å². The number of hydrogen-bond acceptors (Lipinski definition) is 8. The minimum absolute atomic E-state index is 0.0390. The van der Waals surface area contributed by atoms with Gasteiger partial charge in [-0.2, -0.15) is 0 Å². The van der Waals surface area contributed by atoms with E-state index in [1.807, 2.05) is 0 Å². The maximum atomic E-state index is 12.4. The molecule has 4 N–H and O–H groups in total. The Morgan fingerprint density at radius 1 is 1.19 bits per heavy atom. The van der Waals surface area contributed by atoms with Crippen LogP contribution in [-0.4, -0.2) is 83.7 Å². The molecule has 0 spiro atoms. The van der Waals surface area contributed by atoms with Crippen molar-refractivity contribution in [1.82, 2.24) is 19.9 Å². The summed E-state index contributed by atoms with van der Waals surface area (Å²) in [6.45, 7) is -2.47. The lowest BCUT2D eigenvalue weighted by Gasteiger charge is -2.40. The first kappa shape index (κ1) is 21.8. The summed E-state index contributed by atoms with van der Waals surface area (Å²) in [6, 6.07) is 3.31. The molecule has 0 bridgehead atoms. The second kappa shape index (κ2) is 8.24. The van der Waals surface area contributed by atoms with Gasteiger partial charge in [0.1, 0.15) is 24.0 Å². The Balaban J connectivity index is 1.38. The summed E-state index contributed by atoms with van der Waals surface area (Å²) in [5.41, 5.74) is 1.41. The summed E-state index contributed by atoms with van der Waals surface area (Å²) in [5, 5.41) is 45.9. The Hall–Kier alpha value is -3.45.